The summed E-state index contributed by atoms with van der Waals surface area (Å²) in [4.78, 5) is 25.0. The number of amides is 1. The van der Waals surface area contributed by atoms with E-state index >= 15 is 0 Å². The molecule has 1 heterocycles. The number of carboxylic acid groups (broad SMARTS) is 1. The number of hydrogen-bond acceptors (Lipinski definition) is 5. The molecule has 0 aromatic heterocycles. The molecule has 0 bridgehead atoms. The van der Waals surface area contributed by atoms with E-state index in [4.69, 9.17) is 17.3 Å². The number of benzene rings is 1. The van der Waals surface area contributed by atoms with Gasteiger partial charge < -0.3 is 10.2 Å². The molecule has 0 aliphatic carbocycles. The first-order chi connectivity index (χ1) is 11.4. The number of carbonyl (C=O) groups is 2. The zero-order chi connectivity index (χ0) is 17.7. The lowest BCUT2D eigenvalue weighted by atomic mass is 10.2. The minimum Gasteiger partial charge on any atom is -0.507 e. The molecule has 0 spiro atoms. The van der Waals surface area contributed by atoms with E-state index in [-0.39, 0.29) is 18.1 Å². The number of unbranched alkanes of at least 4 members (excludes halogenated alkanes) is 2. The number of carbonyl (C=O) groups excluding carboxylic acids is 1. The molecule has 8 heteroatoms. The minimum absolute atomic E-state index is 0.132. The van der Waals surface area contributed by atoms with Crippen LogP contribution in [0.15, 0.2) is 27.6 Å². The number of rotatable bonds is 7. The summed E-state index contributed by atoms with van der Waals surface area (Å²) >= 11 is 9.76. The molecule has 0 saturated carbocycles. The predicted octanol–water partition coefficient (Wildman–Crippen LogP) is 4.00. The minimum atomic E-state index is -0.802. The second-order valence-electron chi connectivity index (χ2n) is 5.25. The fourth-order valence-electron chi connectivity index (χ4n) is 2.18. The standard InChI is InChI=1S/C16H16BrNO4S2/c17-11-8-10(5-6-12(11)19)9-13-15(22)18(16(23)24-13)7-3-1-2-4-14(20)21/h5-6,8-9,19H,1-4,7H2,(H,20,21)/b13-9+. The topological polar surface area (TPSA) is 77.8 Å². The van der Waals surface area contributed by atoms with Gasteiger partial charge in [-0.25, -0.2) is 0 Å². The molecule has 1 amide bonds. The molecular formula is C16H16BrNO4S2. The van der Waals surface area contributed by atoms with Crippen LogP contribution in [-0.4, -0.2) is 37.9 Å². The van der Waals surface area contributed by atoms with Crippen molar-refractivity contribution >= 4 is 62.2 Å². The molecule has 1 saturated heterocycles. The van der Waals surface area contributed by atoms with Crippen LogP contribution in [-0.2, 0) is 9.59 Å². The molecule has 1 aromatic carbocycles. The average Bonchev–Trinajstić information content (AvgIpc) is 2.77. The number of phenolic OH excluding ortho intramolecular Hbond substituents is 1. The number of halogens is 1. The first-order valence-electron chi connectivity index (χ1n) is 7.34. The highest BCUT2D eigenvalue weighted by atomic mass is 79.9. The Kier molecular flexibility index (Phi) is 6.82. The number of aliphatic carboxylic acids is 1. The summed E-state index contributed by atoms with van der Waals surface area (Å²) in [7, 11) is 0. The van der Waals surface area contributed by atoms with Gasteiger partial charge in [0.25, 0.3) is 5.91 Å². The number of nitrogens with zero attached hydrogens (tertiary/aromatic N) is 1. The Labute approximate surface area is 157 Å². The molecule has 0 unspecified atom stereocenters. The van der Waals surface area contributed by atoms with E-state index < -0.39 is 5.97 Å². The lowest BCUT2D eigenvalue weighted by molar-refractivity contribution is -0.137. The fraction of sp³-hybridized carbons (Fsp3) is 0.312. The lowest BCUT2D eigenvalue weighted by Gasteiger charge is -2.13. The summed E-state index contributed by atoms with van der Waals surface area (Å²) in [5.41, 5.74) is 0.793. The van der Waals surface area contributed by atoms with Crippen LogP contribution in [0.2, 0.25) is 0 Å². The molecule has 1 aromatic rings. The van der Waals surface area contributed by atoms with E-state index in [9.17, 15) is 14.7 Å². The van der Waals surface area contributed by atoms with Gasteiger partial charge >= 0.3 is 5.97 Å². The van der Waals surface area contributed by atoms with Gasteiger partial charge in [-0.3, -0.25) is 14.5 Å². The lowest BCUT2D eigenvalue weighted by Crippen LogP contribution is -2.29. The van der Waals surface area contributed by atoms with Crippen LogP contribution in [0.3, 0.4) is 0 Å². The van der Waals surface area contributed by atoms with E-state index in [2.05, 4.69) is 15.9 Å². The number of carboxylic acids is 1. The molecule has 2 N–H and O–H groups in total. The number of phenols is 1. The Hall–Kier alpha value is -1.38. The zero-order valence-corrected chi connectivity index (χ0v) is 15.9. The molecule has 24 heavy (non-hydrogen) atoms. The first-order valence-corrected chi connectivity index (χ1v) is 9.36. The highest BCUT2D eigenvalue weighted by Gasteiger charge is 2.31. The van der Waals surface area contributed by atoms with E-state index in [1.807, 2.05) is 0 Å². The molecule has 1 aliphatic rings. The van der Waals surface area contributed by atoms with Crippen molar-refractivity contribution in [3.63, 3.8) is 0 Å². The maximum absolute atomic E-state index is 12.4. The van der Waals surface area contributed by atoms with Gasteiger partial charge in [-0.1, -0.05) is 36.5 Å². The second kappa shape index (κ2) is 8.64. The Morgan fingerprint density at radius 2 is 2.08 bits per heavy atom. The van der Waals surface area contributed by atoms with Gasteiger partial charge in [0.1, 0.15) is 10.1 Å². The van der Waals surface area contributed by atoms with Crippen molar-refractivity contribution in [1.29, 1.82) is 0 Å². The van der Waals surface area contributed by atoms with Crippen molar-refractivity contribution in [2.75, 3.05) is 6.54 Å². The Morgan fingerprint density at radius 3 is 2.75 bits per heavy atom. The van der Waals surface area contributed by atoms with Crippen LogP contribution in [0.5, 0.6) is 5.75 Å². The maximum Gasteiger partial charge on any atom is 0.303 e. The van der Waals surface area contributed by atoms with E-state index in [0.29, 0.717) is 26.7 Å². The molecule has 128 valence electrons. The van der Waals surface area contributed by atoms with Crippen LogP contribution < -0.4 is 0 Å². The summed E-state index contributed by atoms with van der Waals surface area (Å²) < 4.78 is 1.08. The zero-order valence-electron chi connectivity index (χ0n) is 12.7. The monoisotopic (exact) mass is 429 g/mol. The normalized spacial score (nSPS) is 16.2. The Bertz CT molecular complexity index is 705. The van der Waals surface area contributed by atoms with Crippen LogP contribution >= 0.6 is 39.9 Å². The van der Waals surface area contributed by atoms with Crippen molar-refractivity contribution in [3.05, 3.63) is 33.1 Å². The summed E-state index contributed by atoms with van der Waals surface area (Å²) in [6.07, 6.45) is 3.95. The van der Waals surface area contributed by atoms with Crippen molar-refractivity contribution < 1.29 is 19.8 Å². The molecule has 1 aliphatic heterocycles. The number of thioether (sulfide) groups is 1. The predicted molar refractivity (Wildman–Crippen MR) is 102 cm³/mol. The quantitative estimate of drug-likeness (QED) is 0.387. The summed E-state index contributed by atoms with van der Waals surface area (Å²) in [5.74, 6) is -0.794. The largest absolute Gasteiger partial charge is 0.507 e. The summed E-state index contributed by atoms with van der Waals surface area (Å²) in [5, 5.41) is 18.1. The Balaban J connectivity index is 1.96. The van der Waals surface area contributed by atoms with Crippen molar-refractivity contribution in [2.24, 2.45) is 0 Å². The molecule has 1 fully saturated rings. The average molecular weight is 430 g/mol. The highest BCUT2D eigenvalue weighted by molar-refractivity contribution is 9.10. The number of thiocarbonyl (C=S) groups is 1. The van der Waals surface area contributed by atoms with E-state index in [1.165, 1.54) is 11.8 Å². The summed E-state index contributed by atoms with van der Waals surface area (Å²) in [6, 6.07) is 5.01. The van der Waals surface area contributed by atoms with Crippen LogP contribution in [0.4, 0.5) is 0 Å². The van der Waals surface area contributed by atoms with Crippen molar-refractivity contribution in [2.45, 2.75) is 25.7 Å². The SMILES string of the molecule is O=C(O)CCCCCN1C(=O)/C(=C\c2ccc(O)c(Br)c2)SC1=S. The van der Waals surface area contributed by atoms with Gasteiger partial charge in [0.15, 0.2) is 0 Å². The first kappa shape index (κ1) is 19.0. The Morgan fingerprint density at radius 1 is 1.33 bits per heavy atom. The van der Waals surface area contributed by atoms with Gasteiger partial charge in [-0.05, 0) is 52.5 Å². The highest BCUT2D eigenvalue weighted by Crippen LogP contribution is 2.34. The molecule has 0 radical (unpaired) electrons. The summed E-state index contributed by atoms with van der Waals surface area (Å²) in [6.45, 7) is 0.501. The van der Waals surface area contributed by atoms with Crippen LogP contribution in [0, 0.1) is 0 Å². The van der Waals surface area contributed by atoms with Crippen molar-refractivity contribution in [3.8, 4) is 5.75 Å². The molecule has 5 nitrogen and oxygen atoms in total. The van der Waals surface area contributed by atoms with Gasteiger partial charge in [-0.15, -0.1) is 0 Å². The van der Waals surface area contributed by atoms with Gasteiger partial charge in [0, 0.05) is 13.0 Å². The number of hydrogen-bond donors (Lipinski definition) is 2. The second-order valence-corrected chi connectivity index (χ2v) is 7.78. The number of aromatic hydroxyl groups is 1. The van der Waals surface area contributed by atoms with E-state index in [1.54, 1.807) is 29.2 Å². The molecule has 2 rings (SSSR count). The molecular weight excluding hydrogens is 414 g/mol. The third kappa shape index (κ3) is 5.06. The molecule has 0 atom stereocenters. The smallest absolute Gasteiger partial charge is 0.303 e. The third-order valence-corrected chi connectivity index (χ3v) is 5.43. The van der Waals surface area contributed by atoms with Gasteiger partial charge in [-0.2, -0.15) is 0 Å². The maximum atomic E-state index is 12.4. The van der Waals surface area contributed by atoms with E-state index in [0.717, 1.165) is 18.4 Å². The van der Waals surface area contributed by atoms with Gasteiger partial charge in [0.2, 0.25) is 0 Å². The van der Waals surface area contributed by atoms with Gasteiger partial charge in [0.05, 0.1) is 9.38 Å². The third-order valence-electron chi connectivity index (χ3n) is 3.42. The fourth-order valence-corrected chi connectivity index (χ4v) is 3.89. The van der Waals surface area contributed by atoms with Crippen LogP contribution in [0.25, 0.3) is 6.08 Å². The van der Waals surface area contributed by atoms with Crippen molar-refractivity contribution in [1.82, 2.24) is 4.90 Å². The van der Waals surface area contributed by atoms with Crippen LogP contribution in [0.1, 0.15) is 31.2 Å².